The lowest BCUT2D eigenvalue weighted by Gasteiger charge is -2.13. The quantitative estimate of drug-likeness (QED) is 0.723. The highest BCUT2D eigenvalue weighted by Gasteiger charge is 2.16. The van der Waals surface area contributed by atoms with E-state index in [-0.39, 0.29) is 17.1 Å². The number of fused-ring (bicyclic) bond motifs is 1. The Bertz CT molecular complexity index is 852. The van der Waals surface area contributed by atoms with E-state index in [9.17, 15) is 13.9 Å². The molecule has 0 aliphatic rings. The Morgan fingerprint density at radius 3 is 2.54 bits per heavy atom. The average Bonchev–Trinajstić information content (AvgIpc) is 2.59. The maximum Gasteiger partial charge on any atom is 0.267 e. The van der Waals surface area contributed by atoms with E-state index in [1.54, 1.807) is 25.3 Å². The van der Waals surface area contributed by atoms with E-state index in [0.717, 1.165) is 11.3 Å². The molecule has 24 heavy (non-hydrogen) atoms. The number of nitrogens with one attached hydrogen (secondary N) is 1. The van der Waals surface area contributed by atoms with Crippen LogP contribution in [0.25, 0.3) is 10.9 Å². The standard InChI is InChI=1S/C18H16F2N2O2/c1-24-14-6-2-11(3-7-14)10-21-18-15(17(19)20)8-12-4-5-13(23)9-16(12)22-18/h2-9,17,23H,10H2,1H3,(H,21,22). The van der Waals surface area contributed by atoms with Crippen LogP contribution in [-0.2, 0) is 6.54 Å². The molecule has 0 atom stereocenters. The first-order valence-electron chi connectivity index (χ1n) is 7.35. The number of rotatable bonds is 5. The molecule has 0 fully saturated rings. The summed E-state index contributed by atoms with van der Waals surface area (Å²) in [6.45, 7) is 0.348. The van der Waals surface area contributed by atoms with Gasteiger partial charge in [-0.15, -0.1) is 0 Å². The van der Waals surface area contributed by atoms with Gasteiger partial charge in [-0.1, -0.05) is 12.1 Å². The Morgan fingerprint density at radius 1 is 1.12 bits per heavy atom. The van der Waals surface area contributed by atoms with Crippen LogP contribution in [-0.4, -0.2) is 17.2 Å². The molecule has 4 nitrogen and oxygen atoms in total. The summed E-state index contributed by atoms with van der Waals surface area (Å²) in [5.41, 5.74) is 1.20. The SMILES string of the molecule is COc1ccc(CNc2nc3cc(O)ccc3cc2C(F)F)cc1. The number of hydrogen-bond acceptors (Lipinski definition) is 4. The topological polar surface area (TPSA) is 54.4 Å². The van der Waals surface area contributed by atoms with E-state index in [0.29, 0.717) is 17.4 Å². The molecule has 0 amide bonds. The van der Waals surface area contributed by atoms with E-state index in [1.807, 2.05) is 12.1 Å². The summed E-state index contributed by atoms with van der Waals surface area (Å²) in [5.74, 6) is 0.881. The molecule has 0 aliphatic heterocycles. The number of aromatic nitrogens is 1. The Morgan fingerprint density at radius 2 is 1.88 bits per heavy atom. The van der Waals surface area contributed by atoms with Gasteiger partial charge >= 0.3 is 0 Å². The first kappa shape index (κ1) is 16.0. The second-order valence-corrected chi connectivity index (χ2v) is 5.31. The number of halogens is 2. The lowest BCUT2D eigenvalue weighted by atomic mass is 10.1. The molecule has 124 valence electrons. The number of nitrogens with zero attached hydrogens (tertiary/aromatic N) is 1. The van der Waals surface area contributed by atoms with Crippen LogP contribution in [0.2, 0.25) is 0 Å². The number of aromatic hydroxyl groups is 1. The summed E-state index contributed by atoms with van der Waals surface area (Å²) in [5, 5.41) is 13.0. The van der Waals surface area contributed by atoms with Crippen molar-refractivity contribution in [2.45, 2.75) is 13.0 Å². The fourth-order valence-electron chi connectivity index (χ4n) is 2.41. The lowest BCUT2D eigenvalue weighted by Crippen LogP contribution is -2.05. The van der Waals surface area contributed by atoms with Crippen molar-refractivity contribution in [3.63, 3.8) is 0 Å². The van der Waals surface area contributed by atoms with Crippen molar-refractivity contribution in [3.05, 3.63) is 59.7 Å². The molecule has 1 heterocycles. The highest BCUT2D eigenvalue weighted by molar-refractivity contribution is 5.83. The van der Waals surface area contributed by atoms with Gasteiger partial charge in [-0.25, -0.2) is 13.8 Å². The van der Waals surface area contributed by atoms with Gasteiger partial charge in [-0.05, 0) is 35.9 Å². The van der Waals surface area contributed by atoms with Crippen molar-refractivity contribution in [1.29, 1.82) is 0 Å². The Balaban J connectivity index is 1.89. The maximum absolute atomic E-state index is 13.3. The summed E-state index contributed by atoms with van der Waals surface area (Å²) >= 11 is 0. The van der Waals surface area contributed by atoms with Crippen molar-refractivity contribution in [3.8, 4) is 11.5 Å². The predicted octanol–water partition coefficient (Wildman–Crippen LogP) is 4.50. The first-order valence-corrected chi connectivity index (χ1v) is 7.35. The van der Waals surface area contributed by atoms with Crippen LogP contribution >= 0.6 is 0 Å². The van der Waals surface area contributed by atoms with Crippen LogP contribution in [0.3, 0.4) is 0 Å². The number of methoxy groups -OCH3 is 1. The highest BCUT2D eigenvalue weighted by atomic mass is 19.3. The van der Waals surface area contributed by atoms with E-state index in [4.69, 9.17) is 4.74 Å². The Kier molecular flexibility index (Phi) is 4.46. The van der Waals surface area contributed by atoms with Crippen LogP contribution in [0.15, 0.2) is 48.5 Å². The third-order valence-electron chi connectivity index (χ3n) is 3.68. The molecule has 0 spiro atoms. The normalized spacial score (nSPS) is 11.0. The molecule has 0 unspecified atom stereocenters. The van der Waals surface area contributed by atoms with E-state index >= 15 is 0 Å². The van der Waals surface area contributed by atoms with Gasteiger partial charge in [0.15, 0.2) is 0 Å². The van der Waals surface area contributed by atoms with Crippen molar-refractivity contribution in [1.82, 2.24) is 4.98 Å². The third kappa shape index (κ3) is 3.37. The van der Waals surface area contributed by atoms with Gasteiger partial charge in [0.05, 0.1) is 18.2 Å². The molecule has 2 aromatic carbocycles. The molecule has 0 bridgehead atoms. The van der Waals surface area contributed by atoms with Gasteiger partial charge in [0.25, 0.3) is 6.43 Å². The van der Waals surface area contributed by atoms with Crippen LogP contribution in [0.1, 0.15) is 17.6 Å². The van der Waals surface area contributed by atoms with E-state index in [1.165, 1.54) is 18.2 Å². The minimum atomic E-state index is -2.64. The maximum atomic E-state index is 13.3. The van der Waals surface area contributed by atoms with Crippen molar-refractivity contribution >= 4 is 16.7 Å². The molecule has 0 radical (unpaired) electrons. The van der Waals surface area contributed by atoms with Crippen molar-refractivity contribution < 1.29 is 18.6 Å². The zero-order chi connectivity index (χ0) is 17.1. The first-order chi connectivity index (χ1) is 11.6. The van der Waals surface area contributed by atoms with E-state index in [2.05, 4.69) is 10.3 Å². The largest absolute Gasteiger partial charge is 0.508 e. The van der Waals surface area contributed by atoms with Crippen LogP contribution < -0.4 is 10.1 Å². The summed E-state index contributed by atoms with van der Waals surface area (Å²) in [4.78, 5) is 4.23. The zero-order valence-electron chi connectivity index (χ0n) is 13.0. The molecular weight excluding hydrogens is 314 g/mol. The zero-order valence-corrected chi connectivity index (χ0v) is 13.0. The van der Waals surface area contributed by atoms with Crippen LogP contribution in [0, 0.1) is 0 Å². The monoisotopic (exact) mass is 330 g/mol. The second-order valence-electron chi connectivity index (χ2n) is 5.31. The molecule has 0 aliphatic carbocycles. The summed E-state index contributed by atoms with van der Waals surface area (Å²) in [7, 11) is 1.58. The van der Waals surface area contributed by atoms with Crippen LogP contribution in [0.5, 0.6) is 11.5 Å². The summed E-state index contributed by atoms with van der Waals surface area (Å²) < 4.78 is 31.7. The minimum absolute atomic E-state index is 0.0425. The molecular formula is C18H16F2N2O2. The fraction of sp³-hybridized carbons (Fsp3) is 0.167. The van der Waals surface area contributed by atoms with Gasteiger partial charge in [-0.3, -0.25) is 0 Å². The van der Waals surface area contributed by atoms with Crippen molar-refractivity contribution in [2.24, 2.45) is 0 Å². The number of phenols is 1. The van der Waals surface area contributed by atoms with Gasteiger partial charge in [0, 0.05) is 18.0 Å². The average molecular weight is 330 g/mol. The predicted molar refractivity (Wildman–Crippen MR) is 88.7 cm³/mol. The number of pyridine rings is 1. The number of anilines is 1. The highest BCUT2D eigenvalue weighted by Crippen LogP contribution is 2.30. The number of ether oxygens (including phenoxy) is 1. The number of hydrogen-bond donors (Lipinski definition) is 2. The number of phenolic OH excluding ortho intramolecular Hbond substituents is 1. The molecule has 2 N–H and O–H groups in total. The lowest BCUT2D eigenvalue weighted by molar-refractivity contribution is 0.152. The van der Waals surface area contributed by atoms with Gasteiger partial charge in [-0.2, -0.15) is 0 Å². The second kappa shape index (κ2) is 6.70. The van der Waals surface area contributed by atoms with Crippen LogP contribution in [0.4, 0.5) is 14.6 Å². The van der Waals surface area contributed by atoms with E-state index < -0.39 is 6.43 Å². The minimum Gasteiger partial charge on any atom is -0.508 e. The molecule has 1 aromatic heterocycles. The summed E-state index contributed by atoms with van der Waals surface area (Å²) in [6, 6.07) is 13.2. The molecule has 0 saturated carbocycles. The molecule has 0 saturated heterocycles. The molecule has 3 rings (SSSR count). The number of alkyl halides is 2. The Hall–Kier alpha value is -2.89. The summed E-state index contributed by atoms with van der Waals surface area (Å²) in [6.07, 6.45) is -2.64. The van der Waals surface area contributed by atoms with Crippen molar-refractivity contribution in [2.75, 3.05) is 12.4 Å². The smallest absolute Gasteiger partial charge is 0.267 e. The van der Waals surface area contributed by atoms with Gasteiger partial charge in [0.2, 0.25) is 0 Å². The number of benzene rings is 2. The van der Waals surface area contributed by atoms with Gasteiger partial charge in [0.1, 0.15) is 17.3 Å². The third-order valence-corrected chi connectivity index (χ3v) is 3.68. The Labute approximate surface area is 137 Å². The molecule has 3 aromatic rings. The molecule has 6 heteroatoms. The fourth-order valence-corrected chi connectivity index (χ4v) is 2.41. The van der Waals surface area contributed by atoms with Gasteiger partial charge < -0.3 is 15.2 Å².